The van der Waals surface area contributed by atoms with Gasteiger partial charge in [0.15, 0.2) is 6.54 Å². The van der Waals surface area contributed by atoms with Gasteiger partial charge in [0.1, 0.15) is 0 Å². The number of hydrogen-bond acceptors (Lipinski definition) is 4. The lowest BCUT2D eigenvalue weighted by molar-refractivity contribution is -0.892. The van der Waals surface area contributed by atoms with Gasteiger partial charge in [-0.2, -0.15) is 0 Å². The Balaban J connectivity index is 1.38. The van der Waals surface area contributed by atoms with Gasteiger partial charge in [-0.05, 0) is 37.5 Å². The van der Waals surface area contributed by atoms with Crippen LogP contribution in [0.1, 0.15) is 18.9 Å². The third-order valence-corrected chi connectivity index (χ3v) is 5.42. The van der Waals surface area contributed by atoms with Gasteiger partial charge in [0.2, 0.25) is 0 Å². The minimum absolute atomic E-state index is 0.101. The van der Waals surface area contributed by atoms with Gasteiger partial charge in [-0.3, -0.25) is 14.9 Å². The summed E-state index contributed by atoms with van der Waals surface area (Å²) in [5.41, 5.74) is 2.39. The quantitative estimate of drug-likeness (QED) is 0.522. The lowest BCUT2D eigenvalue weighted by atomic mass is 10.1. The number of benzene rings is 2. The van der Waals surface area contributed by atoms with Gasteiger partial charge in [-0.15, -0.1) is 0 Å². The molecule has 0 spiro atoms. The summed E-state index contributed by atoms with van der Waals surface area (Å²) in [7, 11) is 0. The van der Waals surface area contributed by atoms with Crippen molar-refractivity contribution in [1.82, 2.24) is 5.32 Å². The zero-order valence-corrected chi connectivity index (χ0v) is 16.8. The second-order valence-electron chi connectivity index (χ2n) is 7.68. The summed E-state index contributed by atoms with van der Waals surface area (Å²) in [5.74, 6) is 0.101. The van der Waals surface area contributed by atoms with Crippen molar-refractivity contribution < 1.29 is 14.6 Å². The second-order valence-corrected chi connectivity index (χ2v) is 7.68. The average Bonchev–Trinajstić information content (AvgIpc) is 2.73. The van der Waals surface area contributed by atoms with Gasteiger partial charge in [0.05, 0.1) is 31.1 Å². The Labute approximate surface area is 171 Å². The standard InChI is InChI=1S/C22H28N4O3/c1-18(7-8-19-5-3-2-4-6-19)23-22(27)17-24-13-15-25(16-14-24)20-9-11-21(12-10-20)26(28)29/h2-6,9-12,18H,7-8,13-17H2,1H3,(H,23,27)/p+1/t18-/m1/s1. The van der Waals surface area contributed by atoms with Crippen LogP contribution in [0.25, 0.3) is 0 Å². The number of anilines is 1. The minimum Gasteiger partial charge on any atom is -0.360 e. The summed E-state index contributed by atoms with van der Waals surface area (Å²) >= 11 is 0. The molecule has 0 unspecified atom stereocenters. The van der Waals surface area contributed by atoms with Crippen LogP contribution in [0.4, 0.5) is 11.4 Å². The molecule has 2 N–H and O–H groups in total. The van der Waals surface area contributed by atoms with Crippen LogP contribution >= 0.6 is 0 Å². The maximum Gasteiger partial charge on any atom is 0.275 e. The third kappa shape index (κ3) is 6.29. The predicted molar refractivity (Wildman–Crippen MR) is 113 cm³/mol. The number of quaternary nitrogens is 1. The maximum absolute atomic E-state index is 12.4. The summed E-state index contributed by atoms with van der Waals surface area (Å²) in [5, 5.41) is 13.9. The monoisotopic (exact) mass is 397 g/mol. The Morgan fingerprint density at radius 1 is 1.14 bits per heavy atom. The fourth-order valence-corrected chi connectivity index (χ4v) is 3.70. The number of nitro groups is 1. The molecule has 1 aliphatic heterocycles. The van der Waals surface area contributed by atoms with Crippen molar-refractivity contribution in [2.75, 3.05) is 37.6 Å². The van der Waals surface area contributed by atoms with Crippen molar-refractivity contribution in [1.29, 1.82) is 0 Å². The highest BCUT2D eigenvalue weighted by atomic mass is 16.6. The number of rotatable bonds is 8. The molecule has 0 radical (unpaired) electrons. The molecule has 2 aromatic carbocycles. The third-order valence-electron chi connectivity index (χ3n) is 5.42. The van der Waals surface area contributed by atoms with E-state index in [0.717, 1.165) is 44.7 Å². The predicted octanol–water partition coefficient (Wildman–Crippen LogP) is 1.44. The number of amides is 1. The number of hydrogen-bond donors (Lipinski definition) is 2. The van der Waals surface area contributed by atoms with Crippen LogP contribution in [0.15, 0.2) is 54.6 Å². The number of carbonyl (C=O) groups is 1. The van der Waals surface area contributed by atoms with Crippen LogP contribution < -0.4 is 15.1 Å². The molecule has 1 fully saturated rings. The van der Waals surface area contributed by atoms with Gasteiger partial charge in [0, 0.05) is 23.9 Å². The Morgan fingerprint density at radius 3 is 2.41 bits per heavy atom. The fourth-order valence-electron chi connectivity index (χ4n) is 3.70. The van der Waals surface area contributed by atoms with E-state index in [1.54, 1.807) is 24.3 Å². The normalized spacial score (nSPS) is 15.7. The summed E-state index contributed by atoms with van der Waals surface area (Å²) in [6.45, 7) is 5.98. The van der Waals surface area contributed by atoms with Crippen LogP contribution in [0.2, 0.25) is 0 Å². The fraction of sp³-hybridized carbons (Fsp3) is 0.409. The van der Waals surface area contributed by atoms with Crippen LogP contribution in [-0.2, 0) is 11.2 Å². The second kappa shape index (κ2) is 10.0. The van der Waals surface area contributed by atoms with Crippen LogP contribution in [-0.4, -0.2) is 49.6 Å². The lowest BCUT2D eigenvalue weighted by Crippen LogP contribution is -3.16. The Bertz CT molecular complexity index is 803. The minimum atomic E-state index is -0.384. The summed E-state index contributed by atoms with van der Waals surface area (Å²) < 4.78 is 0. The number of nitro benzene ring substituents is 1. The molecule has 2 aromatic rings. The van der Waals surface area contributed by atoms with Crippen molar-refractivity contribution in [3.05, 3.63) is 70.3 Å². The first-order valence-electron chi connectivity index (χ1n) is 10.2. The molecule has 7 heteroatoms. The lowest BCUT2D eigenvalue weighted by Gasteiger charge is -2.33. The van der Waals surface area contributed by atoms with E-state index in [0.29, 0.717) is 6.54 Å². The molecule has 0 bridgehead atoms. The van der Waals surface area contributed by atoms with E-state index in [-0.39, 0.29) is 22.6 Å². The van der Waals surface area contributed by atoms with E-state index in [1.807, 2.05) is 18.2 Å². The number of nitrogens with one attached hydrogen (secondary N) is 2. The summed E-state index contributed by atoms with van der Waals surface area (Å²) in [6.07, 6.45) is 1.89. The Morgan fingerprint density at radius 2 is 1.79 bits per heavy atom. The van der Waals surface area contributed by atoms with E-state index >= 15 is 0 Å². The van der Waals surface area contributed by atoms with Gasteiger partial charge in [-0.1, -0.05) is 30.3 Å². The zero-order valence-electron chi connectivity index (χ0n) is 16.8. The van der Waals surface area contributed by atoms with Crippen molar-refractivity contribution in [2.24, 2.45) is 0 Å². The molecule has 154 valence electrons. The molecule has 1 heterocycles. The molecule has 0 aliphatic carbocycles. The highest BCUT2D eigenvalue weighted by molar-refractivity contribution is 5.77. The van der Waals surface area contributed by atoms with Gasteiger partial charge in [-0.25, -0.2) is 0 Å². The number of aryl methyl sites for hydroxylation is 1. The van der Waals surface area contributed by atoms with Gasteiger partial charge < -0.3 is 15.1 Å². The number of carbonyl (C=O) groups excluding carboxylic acids is 1. The molecular weight excluding hydrogens is 368 g/mol. The number of non-ortho nitro benzene ring substituents is 1. The van der Waals surface area contributed by atoms with E-state index in [2.05, 4.69) is 29.3 Å². The highest BCUT2D eigenvalue weighted by Gasteiger charge is 2.23. The van der Waals surface area contributed by atoms with Crippen molar-refractivity contribution in [3.63, 3.8) is 0 Å². The van der Waals surface area contributed by atoms with Crippen LogP contribution in [0, 0.1) is 10.1 Å². The first kappa shape index (κ1) is 20.8. The van der Waals surface area contributed by atoms with Gasteiger partial charge >= 0.3 is 0 Å². The first-order chi connectivity index (χ1) is 14.0. The van der Waals surface area contributed by atoms with E-state index in [9.17, 15) is 14.9 Å². The molecule has 0 aromatic heterocycles. The summed E-state index contributed by atoms with van der Waals surface area (Å²) in [6, 6.07) is 17.1. The molecule has 3 rings (SSSR count). The molecule has 1 saturated heterocycles. The van der Waals surface area contributed by atoms with E-state index < -0.39 is 0 Å². The van der Waals surface area contributed by atoms with Gasteiger partial charge in [0.25, 0.3) is 11.6 Å². The molecule has 1 amide bonds. The number of nitrogens with zero attached hydrogens (tertiary/aromatic N) is 2. The average molecular weight is 397 g/mol. The number of piperazine rings is 1. The largest absolute Gasteiger partial charge is 0.360 e. The summed E-state index contributed by atoms with van der Waals surface area (Å²) in [4.78, 5) is 26.3. The molecular formula is C22H29N4O3+. The van der Waals surface area contributed by atoms with Crippen molar-refractivity contribution in [3.8, 4) is 0 Å². The first-order valence-corrected chi connectivity index (χ1v) is 10.2. The smallest absolute Gasteiger partial charge is 0.275 e. The molecule has 1 aliphatic rings. The Kier molecular flexibility index (Phi) is 7.19. The van der Waals surface area contributed by atoms with E-state index in [1.165, 1.54) is 10.5 Å². The molecule has 7 nitrogen and oxygen atoms in total. The van der Waals surface area contributed by atoms with Crippen molar-refractivity contribution >= 4 is 17.3 Å². The highest BCUT2D eigenvalue weighted by Crippen LogP contribution is 2.19. The SMILES string of the molecule is C[C@H](CCc1ccccc1)NC(=O)C[NH+]1CCN(c2ccc([N+](=O)[O-])cc2)CC1. The maximum atomic E-state index is 12.4. The topological polar surface area (TPSA) is 79.9 Å². The van der Waals surface area contributed by atoms with Crippen molar-refractivity contribution in [2.45, 2.75) is 25.8 Å². The molecule has 29 heavy (non-hydrogen) atoms. The molecule has 1 atom stereocenters. The Hall–Kier alpha value is -2.93. The van der Waals surface area contributed by atoms with Crippen LogP contribution in [0.3, 0.4) is 0 Å². The molecule has 0 saturated carbocycles. The van der Waals surface area contributed by atoms with E-state index in [4.69, 9.17) is 0 Å². The van der Waals surface area contributed by atoms with Crippen LogP contribution in [0.5, 0.6) is 0 Å². The zero-order chi connectivity index (χ0) is 20.6.